The molecule has 0 aromatic heterocycles. The van der Waals surface area contributed by atoms with E-state index in [1.165, 1.54) is 0 Å². The molecule has 31 heavy (non-hydrogen) atoms. The largest absolute Gasteiger partial charge is 0.480 e. The Morgan fingerprint density at radius 2 is 1.29 bits per heavy atom. The zero-order valence-corrected chi connectivity index (χ0v) is 16.9. The number of rotatable bonds is 11. The summed E-state index contributed by atoms with van der Waals surface area (Å²) in [5.41, 5.74) is 7.57. The summed E-state index contributed by atoms with van der Waals surface area (Å²) >= 11 is 0. The molecule has 3 amide bonds. The van der Waals surface area contributed by atoms with Gasteiger partial charge in [0.15, 0.2) is 0 Å². The molecule has 2 unspecified atom stereocenters. The van der Waals surface area contributed by atoms with Crippen molar-refractivity contribution in [2.45, 2.75) is 24.9 Å². The lowest BCUT2D eigenvalue weighted by molar-refractivity contribution is -0.138. The Hall–Kier alpha value is -3.72. The maximum atomic E-state index is 12.3. The minimum absolute atomic E-state index is 0.166. The van der Waals surface area contributed by atoms with Crippen LogP contribution in [0.15, 0.2) is 60.7 Å². The first kappa shape index (κ1) is 23.6. The van der Waals surface area contributed by atoms with E-state index in [1.54, 1.807) is 24.3 Å². The lowest BCUT2D eigenvalue weighted by atomic mass is 10.1. The topological polar surface area (TPSA) is 151 Å². The molecule has 164 valence electrons. The summed E-state index contributed by atoms with van der Waals surface area (Å²) in [5.74, 6) is -2.91. The fourth-order valence-corrected chi connectivity index (χ4v) is 2.85. The highest BCUT2D eigenvalue weighted by Crippen LogP contribution is 2.04. The molecule has 0 saturated carbocycles. The Bertz CT molecular complexity index is 889. The number of carbonyl (C=O) groups is 4. The van der Waals surface area contributed by atoms with Gasteiger partial charge in [-0.25, -0.2) is 0 Å². The number of hydrogen-bond acceptors (Lipinski definition) is 5. The molecule has 0 bridgehead atoms. The molecule has 0 aliphatic carbocycles. The molecule has 0 aliphatic rings. The normalized spacial score (nSPS) is 12.3. The summed E-state index contributed by atoms with van der Waals surface area (Å²) in [6.45, 7) is -0.927. The number of hydrogen-bond donors (Lipinski definition) is 5. The molecule has 2 atom stereocenters. The van der Waals surface area contributed by atoms with Gasteiger partial charge in [-0.05, 0) is 17.5 Å². The second kappa shape index (κ2) is 12.1. The fraction of sp³-hybridized carbons (Fsp3) is 0.273. The van der Waals surface area contributed by atoms with Crippen molar-refractivity contribution in [2.75, 3.05) is 13.1 Å². The van der Waals surface area contributed by atoms with E-state index in [9.17, 15) is 19.2 Å². The molecule has 2 aromatic rings. The number of carboxylic acid groups (broad SMARTS) is 1. The molecule has 0 spiro atoms. The molecule has 0 saturated heterocycles. The third-order valence-electron chi connectivity index (χ3n) is 4.41. The van der Waals surface area contributed by atoms with Crippen molar-refractivity contribution in [1.82, 2.24) is 16.0 Å². The number of nitrogens with two attached hydrogens (primary N) is 1. The standard InChI is InChI=1S/C22H26N4O5/c23-17(11-15-7-3-1-4-8-15)21(30)24-13-19(27)26-18(22(31)25-14-20(28)29)12-16-9-5-2-6-10-16/h1-10,17-18H,11-14,23H2,(H,24,30)(H,25,31)(H,26,27)(H,28,29). The van der Waals surface area contributed by atoms with Gasteiger partial charge in [0.2, 0.25) is 17.7 Å². The number of amides is 3. The van der Waals surface area contributed by atoms with Crippen LogP contribution in [-0.2, 0) is 32.0 Å². The van der Waals surface area contributed by atoms with E-state index in [0.29, 0.717) is 6.42 Å². The van der Waals surface area contributed by atoms with Crippen LogP contribution in [0.4, 0.5) is 0 Å². The molecule has 9 heteroatoms. The SMILES string of the molecule is NC(Cc1ccccc1)C(=O)NCC(=O)NC(Cc1ccccc1)C(=O)NCC(=O)O. The monoisotopic (exact) mass is 426 g/mol. The minimum Gasteiger partial charge on any atom is -0.480 e. The first-order valence-corrected chi connectivity index (χ1v) is 9.75. The molecular weight excluding hydrogens is 400 g/mol. The third-order valence-corrected chi connectivity index (χ3v) is 4.41. The van der Waals surface area contributed by atoms with Crippen LogP contribution >= 0.6 is 0 Å². The maximum absolute atomic E-state index is 12.3. The summed E-state index contributed by atoms with van der Waals surface area (Å²) in [4.78, 5) is 47.5. The molecule has 2 aromatic carbocycles. The second-order valence-corrected chi connectivity index (χ2v) is 6.94. The predicted octanol–water partition coefficient (Wildman–Crippen LogP) is -0.399. The Labute approximate surface area is 180 Å². The van der Waals surface area contributed by atoms with Crippen LogP contribution in [0.3, 0.4) is 0 Å². The molecule has 0 fully saturated rings. The fourth-order valence-electron chi connectivity index (χ4n) is 2.85. The van der Waals surface area contributed by atoms with Crippen LogP contribution in [0.2, 0.25) is 0 Å². The molecule has 0 aliphatic heterocycles. The van der Waals surface area contributed by atoms with Crippen LogP contribution in [0.1, 0.15) is 11.1 Å². The molecule has 0 radical (unpaired) electrons. The van der Waals surface area contributed by atoms with E-state index in [2.05, 4.69) is 16.0 Å². The van der Waals surface area contributed by atoms with E-state index < -0.39 is 42.3 Å². The third kappa shape index (κ3) is 8.67. The van der Waals surface area contributed by atoms with Gasteiger partial charge in [0.1, 0.15) is 12.6 Å². The van der Waals surface area contributed by atoms with Crippen molar-refractivity contribution in [3.8, 4) is 0 Å². The number of nitrogens with one attached hydrogen (secondary N) is 3. The Morgan fingerprint density at radius 1 is 0.774 bits per heavy atom. The van der Waals surface area contributed by atoms with Crippen molar-refractivity contribution in [3.63, 3.8) is 0 Å². The van der Waals surface area contributed by atoms with Gasteiger partial charge in [0.05, 0.1) is 12.6 Å². The lowest BCUT2D eigenvalue weighted by Crippen LogP contribution is -2.52. The molecular formula is C22H26N4O5. The van der Waals surface area contributed by atoms with Crippen LogP contribution in [0.5, 0.6) is 0 Å². The number of aliphatic carboxylic acids is 1. The maximum Gasteiger partial charge on any atom is 0.322 e. The van der Waals surface area contributed by atoms with Crippen molar-refractivity contribution in [3.05, 3.63) is 71.8 Å². The van der Waals surface area contributed by atoms with Gasteiger partial charge in [0, 0.05) is 6.42 Å². The van der Waals surface area contributed by atoms with E-state index in [1.807, 2.05) is 36.4 Å². The van der Waals surface area contributed by atoms with Crippen LogP contribution in [0, 0.1) is 0 Å². The van der Waals surface area contributed by atoms with Gasteiger partial charge < -0.3 is 26.8 Å². The average molecular weight is 426 g/mol. The number of carbonyl (C=O) groups excluding carboxylic acids is 3. The zero-order chi connectivity index (χ0) is 22.6. The van der Waals surface area contributed by atoms with Gasteiger partial charge in [-0.15, -0.1) is 0 Å². The smallest absolute Gasteiger partial charge is 0.322 e. The summed E-state index contributed by atoms with van der Waals surface area (Å²) in [6, 6.07) is 16.4. The van der Waals surface area contributed by atoms with Crippen molar-refractivity contribution in [1.29, 1.82) is 0 Å². The first-order valence-electron chi connectivity index (χ1n) is 9.75. The molecule has 6 N–H and O–H groups in total. The Balaban J connectivity index is 1.90. The highest BCUT2D eigenvalue weighted by molar-refractivity contribution is 5.92. The molecule has 0 heterocycles. The van der Waals surface area contributed by atoms with Crippen LogP contribution in [0.25, 0.3) is 0 Å². The van der Waals surface area contributed by atoms with Crippen molar-refractivity contribution >= 4 is 23.7 Å². The Kier molecular flexibility index (Phi) is 9.18. The summed E-state index contributed by atoms with van der Waals surface area (Å²) in [5, 5.41) is 16.0. The van der Waals surface area contributed by atoms with E-state index in [0.717, 1.165) is 11.1 Å². The van der Waals surface area contributed by atoms with Crippen LogP contribution in [-0.4, -0.2) is 54.0 Å². The highest BCUT2D eigenvalue weighted by atomic mass is 16.4. The van der Waals surface area contributed by atoms with Crippen molar-refractivity contribution < 1.29 is 24.3 Å². The van der Waals surface area contributed by atoms with E-state index >= 15 is 0 Å². The summed E-state index contributed by atoms with van der Waals surface area (Å²) in [7, 11) is 0. The quantitative estimate of drug-likeness (QED) is 0.330. The number of carboxylic acids is 1. The van der Waals surface area contributed by atoms with Gasteiger partial charge >= 0.3 is 5.97 Å². The second-order valence-electron chi connectivity index (χ2n) is 6.94. The summed E-state index contributed by atoms with van der Waals surface area (Å²) in [6.07, 6.45) is 0.488. The van der Waals surface area contributed by atoms with E-state index in [-0.39, 0.29) is 13.0 Å². The first-order chi connectivity index (χ1) is 14.8. The van der Waals surface area contributed by atoms with E-state index in [4.69, 9.17) is 10.8 Å². The van der Waals surface area contributed by atoms with Gasteiger partial charge in [-0.2, -0.15) is 0 Å². The minimum atomic E-state index is -1.20. The van der Waals surface area contributed by atoms with Gasteiger partial charge in [0.25, 0.3) is 0 Å². The average Bonchev–Trinajstić information content (AvgIpc) is 2.76. The molecule has 9 nitrogen and oxygen atoms in total. The molecule has 2 rings (SSSR count). The zero-order valence-electron chi connectivity index (χ0n) is 16.9. The Morgan fingerprint density at radius 3 is 1.84 bits per heavy atom. The van der Waals surface area contributed by atoms with Gasteiger partial charge in [-0.1, -0.05) is 60.7 Å². The lowest BCUT2D eigenvalue weighted by Gasteiger charge is -2.19. The highest BCUT2D eigenvalue weighted by Gasteiger charge is 2.22. The van der Waals surface area contributed by atoms with Crippen LogP contribution < -0.4 is 21.7 Å². The van der Waals surface area contributed by atoms with Crippen molar-refractivity contribution in [2.24, 2.45) is 5.73 Å². The number of benzene rings is 2. The summed E-state index contributed by atoms with van der Waals surface area (Å²) < 4.78 is 0. The predicted molar refractivity (Wildman–Crippen MR) is 114 cm³/mol. The van der Waals surface area contributed by atoms with Gasteiger partial charge in [-0.3, -0.25) is 19.2 Å².